The van der Waals surface area contributed by atoms with Gasteiger partial charge in [-0.2, -0.15) is 0 Å². The zero-order valence-corrected chi connectivity index (χ0v) is 17.3. The first-order chi connectivity index (χ1) is 14.0. The largest absolute Gasteiger partial charge is 0.360 e. The Labute approximate surface area is 170 Å². The summed E-state index contributed by atoms with van der Waals surface area (Å²) in [6.45, 7) is 8.11. The van der Waals surface area contributed by atoms with Crippen LogP contribution in [0.5, 0.6) is 0 Å². The molecule has 29 heavy (non-hydrogen) atoms. The number of likely N-dealkylation sites (tertiary alicyclic amines) is 1. The summed E-state index contributed by atoms with van der Waals surface area (Å²) in [6.07, 6.45) is 4.76. The van der Waals surface area contributed by atoms with Crippen LogP contribution in [-0.4, -0.2) is 56.4 Å². The summed E-state index contributed by atoms with van der Waals surface area (Å²) in [5.41, 5.74) is 3.34. The van der Waals surface area contributed by atoms with Crippen molar-refractivity contribution in [3.63, 3.8) is 0 Å². The van der Waals surface area contributed by atoms with E-state index >= 15 is 0 Å². The molecule has 0 aromatic carbocycles. The topological polar surface area (TPSA) is 92.4 Å². The Balaban J connectivity index is 1.51. The molecule has 154 valence electrons. The van der Waals surface area contributed by atoms with Crippen LogP contribution in [-0.2, 0) is 30.6 Å². The molecule has 4 heterocycles. The number of aromatic nitrogens is 3. The maximum Gasteiger partial charge on any atom is 0.259 e. The van der Waals surface area contributed by atoms with Gasteiger partial charge in [0.1, 0.15) is 17.1 Å². The van der Waals surface area contributed by atoms with E-state index in [9.17, 15) is 9.59 Å². The molecule has 2 amide bonds. The van der Waals surface area contributed by atoms with E-state index in [0.717, 1.165) is 35.7 Å². The van der Waals surface area contributed by atoms with Crippen LogP contribution < -0.4 is 0 Å². The Bertz CT molecular complexity index is 917. The number of hydrogen-bond donors (Lipinski definition) is 0. The molecule has 1 fully saturated rings. The summed E-state index contributed by atoms with van der Waals surface area (Å²) >= 11 is 0. The molecule has 8 nitrogen and oxygen atoms in total. The third-order valence-corrected chi connectivity index (χ3v) is 5.94. The Morgan fingerprint density at radius 3 is 2.72 bits per heavy atom. The molecule has 0 spiro atoms. The average molecular weight is 397 g/mol. The number of amides is 2. The van der Waals surface area contributed by atoms with Gasteiger partial charge in [0.25, 0.3) is 5.91 Å². The van der Waals surface area contributed by atoms with Crippen molar-refractivity contribution in [3.8, 4) is 0 Å². The molecule has 1 saturated heterocycles. The normalized spacial score (nSPS) is 18.8. The first-order valence-corrected chi connectivity index (χ1v) is 10.4. The van der Waals surface area contributed by atoms with E-state index in [2.05, 4.69) is 10.1 Å². The Morgan fingerprint density at radius 1 is 1.21 bits per heavy atom. The molecule has 8 heteroatoms. The second-order valence-electron chi connectivity index (χ2n) is 7.76. The van der Waals surface area contributed by atoms with Gasteiger partial charge in [0, 0.05) is 63.6 Å². The highest BCUT2D eigenvalue weighted by Crippen LogP contribution is 2.27. The van der Waals surface area contributed by atoms with Crippen molar-refractivity contribution in [1.82, 2.24) is 24.9 Å². The highest BCUT2D eigenvalue weighted by molar-refractivity contribution is 5.96. The summed E-state index contributed by atoms with van der Waals surface area (Å²) in [5.74, 6) is 1.74. The molecule has 0 saturated carbocycles. The zero-order chi connectivity index (χ0) is 20.5. The van der Waals surface area contributed by atoms with E-state index in [1.807, 2.05) is 29.8 Å². The van der Waals surface area contributed by atoms with Gasteiger partial charge in [0.05, 0.1) is 11.4 Å². The Hall–Kier alpha value is -2.77. The van der Waals surface area contributed by atoms with Crippen LogP contribution in [0.4, 0.5) is 0 Å². The van der Waals surface area contributed by atoms with E-state index in [0.29, 0.717) is 50.2 Å². The summed E-state index contributed by atoms with van der Waals surface area (Å²) in [7, 11) is 0. The molecule has 4 rings (SSSR count). The van der Waals surface area contributed by atoms with Crippen LogP contribution in [0.1, 0.15) is 72.0 Å². The lowest BCUT2D eigenvalue weighted by atomic mass is 10.0. The number of hydrogen-bond acceptors (Lipinski definition) is 6. The van der Waals surface area contributed by atoms with E-state index in [-0.39, 0.29) is 17.7 Å². The van der Waals surface area contributed by atoms with Gasteiger partial charge in [-0.15, -0.1) is 0 Å². The third-order valence-electron chi connectivity index (χ3n) is 5.94. The van der Waals surface area contributed by atoms with Crippen molar-refractivity contribution in [2.75, 3.05) is 19.6 Å². The second kappa shape index (κ2) is 7.93. The third kappa shape index (κ3) is 3.63. The molecule has 1 atom stereocenters. The van der Waals surface area contributed by atoms with E-state index in [1.54, 1.807) is 6.92 Å². The van der Waals surface area contributed by atoms with Crippen molar-refractivity contribution >= 4 is 11.8 Å². The molecule has 0 unspecified atom stereocenters. The van der Waals surface area contributed by atoms with Gasteiger partial charge in [-0.3, -0.25) is 9.59 Å². The lowest BCUT2D eigenvalue weighted by Gasteiger charge is -2.28. The van der Waals surface area contributed by atoms with Gasteiger partial charge in [0.2, 0.25) is 5.91 Å². The molecule has 2 aliphatic rings. The van der Waals surface area contributed by atoms with Crippen LogP contribution in [0.25, 0.3) is 0 Å². The summed E-state index contributed by atoms with van der Waals surface area (Å²) < 4.78 is 5.37. The summed E-state index contributed by atoms with van der Waals surface area (Å²) in [5, 5.41) is 4.06. The zero-order valence-electron chi connectivity index (χ0n) is 17.3. The SMILES string of the molecule is CCc1noc(CC)c1C(=O)N1CCc2nc([C@@H]3CCN(C(C)=O)C3)ncc2C1. The van der Waals surface area contributed by atoms with Gasteiger partial charge in [-0.25, -0.2) is 9.97 Å². The lowest BCUT2D eigenvalue weighted by molar-refractivity contribution is -0.127. The number of nitrogens with zero attached hydrogens (tertiary/aromatic N) is 5. The average Bonchev–Trinajstić information content (AvgIpc) is 3.39. The van der Waals surface area contributed by atoms with E-state index in [4.69, 9.17) is 9.51 Å². The Kier molecular flexibility index (Phi) is 5.34. The summed E-state index contributed by atoms with van der Waals surface area (Å²) in [6, 6.07) is 0. The van der Waals surface area contributed by atoms with Crippen molar-refractivity contribution in [3.05, 3.63) is 40.3 Å². The second-order valence-corrected chi connectivity index (χ2v) is 7.76. The van der Waals surface area contributed by atoms with Crippen LogP contribution in [0, 0.1) is 0 Å². The first kappa shape index (κ1) is 19.5. The van der Waals surface area contributed by atoms with Gasteiger partial charge in [-0.1, -0.05) is 19.0 Å². The van der Waals surface area contributed by atoms with E-state index in [1.165, 1.54) is 0 Å². The highest BCUT2D eigenvalue weighted by Gasteiger charge is 2.31. The Morgan fingerprint density at radius 2 is 2.03 bits per heavy atom. The number of carbonyl (C=O) groups excluding carboxylic acids is 2. The van der Waals surface area contributed by atoms with Crippen molar-refractivity contribution in [1.29, 1.82) is 0 Å². The number of aryl methyl sites for hydroxylation is 2. The van der Waals surface area contributed by atoms with Crippen LogP contribution in [0.15, 0.2) is 10.7 Å². The highest BCUT2D eigenvalue weighted by atomic mass is 16.5. The predicted molar refractivity (Wildman–Crippen MR) is 105 cm³/mol. The quantitative estimate of drug-likeness (QED) is 0.785. The predicted octanol–water partition coefficient (Wildman–Crippen LogP) is 2.12. The maximum absolute atomic E-state index is 13.2. The molecular weight excluding hydrogens is 370 g/mol. The molecule has 0 radical (unpaired) electrons. The van der Waals surface area contributed by atoms with Crippen LogP contribution >= 0.6 is 0 Å². The molecule has 2 aromatic rings. The fraction of sp³-hybridized carbons (Fsp3) is 0.571. The molecular formula is C21H27N5O3. The first-order valence-electron chi connectivity index (χ1n) is 10.4. The number of fused-ring (bicyclic) bond motifs is 1. The van der Waals surface area contributed by atoms with Crippen LogP contribution in [0.2, 0.25) is 0 Å². The van der Waals surface area contributed by atoms with Gasteiger partial charge >= 0.3 is 0 Å². The minimum absolute atomic E-state index is 0.0254. The number of rotatable bonds is 4. The van der Waals surface area contributed by atoms with E-state index < -0.39 is 0 Å². The van der Waals surface area contributed by atoms with Gasteiger partial charge < -0.3 is 14.3 Å². The van der Waals surface area contributed by atoms with Gasteiger partial charge in [-0.05, 0) is 12.8 Å². The van der Waals surface area contributed by atoms with Crippen molar-refractivity contribution in [2.24, 2.45) is 0 Å². The minimum Gasteiger partial charge on any atom is -0.360 e. The lowest BCUT2D eigenvalue weighted by Crippen LogP contribution is -2.37. The minimum atomic E-state index is -0.0254. The monoisotopic (exact) mass is 397 g/mol. The molecule has 0 N–H and O–H groups in total. The molecule has 2 aliphatic heterocycles. The van der Waals surface area contributed by atoms with Crippen molar-refractivity contribution in [2.45, 2.75) is 58.9 Å². The van der Waals surface area contributed by atoms with Gasteiger partial charge in [0.15, 0.2) is 0 Å². The molecule has 2 aromatic heterocycles. The fourth-order valence-corrected chi connectivity index (χ4v) is 4.20. The fourth-order valence-electron chi connectivity index (χ4n) is 4.20. The van der Waals surface area contributed by atoms with Crippen LogP contribution in [0.3, 0.4) is 0 Å². The summed E-state index contributed by atoms with van der Waals surface area (Å²) in [4.78, 5) is 37.8. The smallest absolute Gasteiger partial charge is 0.259 e. The standard InChI is InChI=1S/C21H27N5O3/c1-4-16-19(18(5-2)29-24-16)21(28)26-9-7-17-15(12-26)10-22-20(23-17)14-6-8-25(11-14)13(3)27/h10,14H,4-9,11-12H2,1-3H3/t14-/m1/s1. The van der Waals surface area contributed by atoms with Crippen molar-refractivity contribution < 1.29 is 14.1 Å². The number of carbonyl (C=O) groups is 2. The molecule has 0 bridgehead atoms. The molecule has 0 aliphatic carbocycles. The maximum atomic E-state index is 13.2.